The number of ether oxygens (including phenoxy) is 1. The van der Waals surface area contributed by atoms with E-state index in [-0.39, 0.29) is 1.43 Å². The van der Waals surface area contributed by atoms with Crippen LogP contribution in [-0.2, 0) is 4.74 Å². The van der Waals surface area contributed by atoms with E-state index in [1.165, 1.54) is 25.9 Å². The third-order valence-electron chi connectivity index (χ3n) is 3.93. The first-order chi connectivity index (χ1) is 8.59. The summed E-state index contributed by atoms with van der Waals surface area (Å²) in [4.78, 5) is 2.55. The highest BCUT2D eigenvalue weighted by Gasteiger charge is 2.20. The highest BCUT2D eigenvalue weighted by atomic mass is 16.5. The molecule has 0 atom stereocenters. The van der Waals surface area contributed by atoms with E-state index in [9.17, 15) is 0 Å². The molecule has 0 aromatic carbocycles. The van der Waals surface area contributed by atoms with E-state index in [1.807, 2.05) is 0 Å². The lowest BCUT2D eigenvalue weighted by molar-refractivity contribution is 0.0835. The molecule has 0 bridgehead atoms. The predicted molar refractivity (Wildman–Crippen MR) is 80.1 cm³/mol. The van der Waals surface area contributed by atoms with Crippen LogP contribution in [0.5, 0.6) is 0 Å². The SMILES string of the molecule is CC(C)NCCOCCN1CCC(C(C)C)CC1.[HH]. The average Bonchev–Trinajstić information content (AvgIpc) is 2.34. The Hall–Kier alpha value is -0.120. The van der Waals surface area contributed by atoms with Crippen molar-refractivity contribution in [3.8, 4) is 0 Å². The molecular formula is C15H34N2O. The normalized spacial score (nSPS) is 19.0. The van der Waals surface area contributed by atoms with E-state index in [2.05, 4.69) is 37.9 Å². The van der Waals surface area contributed by atoms with E-state index < -0.39 is 0 Å². The Kier molecular flexibility index (Phi) is 7.87. The number of likely N-dealkylation sites (tertiary alicyclic amines) is 1. The lowest BCUT2D eigenvalue weighted by atomic mass is 9.87. The number of hydrogen-bond acceptors (Lipinski definition) is 3. The monoisotopic (exact) mass is 258 g/mol. The molecule has 18 heavy (non-hydrogen) atoms. The van der Waals surface area contributed by atoms with Crippen LogP contribution in [0, 0.1) is 11.8 Å². The molecule has 1 heterocycles. The molecule has 0 aromatic heterocycles. The molecular weight excluding hydrogens is 224 g/mol. The molecule has 110 valence electrons. The molecule has 3 heteroatoms. The van der Waals surface area contributed by atoms with Crippen LogP contribution in [0.4, 0.5) is 0 Å². The second-order valence-electron chi connectivity index (χ2n) is 6.14. The maximum atomic E-state index is 5.66. The van der Waals surface area contributed by atoms with Crippen LogP contribution in [0.3, 0.4) is 0 Å². The van der Waals surface area contributed by atoms with Gasteiger partial charge >= 0.3 is 0 Å². The van der Waals surface area contributed by atoms with Crippen molar-refractivity contribution in [3.05, 3.63) is 0 Å². The van der Waals surface area contributed by atoms with Gasteiger partial charge in [-0.25, -0.2) is 0 Å². The summed E-state index contributed by atoms with van der Waals surface area (Å²) in [6, 6.07) is 0.559. The highest BCUT2D eigenvalue weighted by molar-refractivity contribution is 4.74. The van der Waals surface area contributed by atoms with Crippen LogP contribution >= 0.6 is 0 Å². The Morgan fingerprint density at radius 1 is 1.17 bits per heavy atom. The van der Waals surface area contributed by atoms with Gasteiger partial charge in [0.25, 0.3) is 0 Å². The molecule has 0 spiro atoms. The summed E-state index contributed by atoms with van der Waals surface area (Å²) >= 11 is 0. The first-order valence-corrected chi connectivity index (χ1v) is 7.63. The summed E-state index contributed by atoms with van der Waals surface area (Å²) in [5.41, 5.74) is 0. The smallest absolute Gasteiger partial charge is 0.0594 e. The van der Waals surface area contributed by atoms with Crippen molar-refractivity contribution in [2.45, 2.75) is 46.6 Å². The molecule has 0 radical (unpaired) electrons. The van der Waals surface area contributed by atoms with Crippen molar-refractivity contribution >= 4 is 0 Å². The van der Waals surface area contributed by atoms with Crippen molar-refractivity contribution in [2.75, 3.05) is 39.4 Å². The fourth-order valence-electron chi connectivity index (χ4n) is 2.56. The van der Waals surface area contributed by atoms with Crippen molar-refractivity contribution in [2.24, 2.45) is 11.8 Å². The third kappa shape index (κ3) is 6.72. The summed E-state index contributed by atoms with van der Waals surface area (Å²) in [6.45, 7) is 15.3. The molecule has 0 aromatic rings. The Labute approximate surface area is 115 Å². The topological polar surface area (TPSA) is 24.5 Å². The molecule has 3 nitrogen and oxygen atoms in total. The zero-order chi connectivity index (χ0) is 13.4. The van der Waals surface area contributed by atoms with Crippen molar-refractivity contribution in [1.82, 2.24) is 10.2 Å². The van der Waals surface area contributed by atoms with Crippen LogP contribution < -0.4 is 5.32 Å². The largest absolute Gasteiger partial charge is 0.379 e. The van der Waals surface area contributed by atoms with Crippen LogP contribution in [0.25, 0.3) is 0 Å². The highest BCUT2D eigenvalue weighted by Crippen LogP contribution is 2.23. The minimum Gasteiger partial charge on any atom is -0.379 e. The number of nitrogens with zero attached hydrogens (tertiary/aromatic N) is 1. The van der Waals surface area contributed by atoms with Gasteiger partial charge in [-0.3, -0.25) is 0 Å². The second kappa shape index (κ2) is 8.89. The zero-order valence-electron chi connectivity index (χ0n) is 12.7. The standard InChI is InChI=1S/C15H32N2O.H2/c1-13(2)15-5-8-17(9-6-15)10-12-18-11-7-16-14(3)4;/h13-16H,5-12H2,1-4H3;1H. The lowest BCUT2D eigenvalue weighted by Gasteiger charge is -2.33. The van der Waals surface area contributed by atoms with E-state index in [0.29, 0.717) is 6.04 Å². The molecule has 0 unspecified atom stereocenters. The second-order valence-corrected chi connectivity index (χ2v) is 6.14. The summed E-state index contributed by atoms with van der Waals surface area (Å²) in [6.07, 6.45) is 2.74. The van der Waals surface area contributed by atoms with Gasteiger partial charge in [0, 0.05) is 20.6 Å². The molecule has 0 saturated carbocycles. The molecule has 1 aliphatic rings. The van der Waals surface area contributed by atoms with E-state index >= 15 is 0 Å². The summed E-state index contributed by atoms with van der Waals surface area (Å²) in [5, 5.41) is 3.36. The first-order valence-electron chi connectivity index (χ1n) is 7.63. The lowest BCUT2D eigenvalue weighted by Crippen LogP contribution is -2.37. The summed E-state index contributed by atoms with van der Waals surface area (Å²) in [5.74, 6) is 1.79. The van der Waals surface area contributed by atoms with Gasteiger partial charge < -0.3 is 15.0 Å². The Balaban J connectivity index is 0.00000324. The molecule has 1 saturated heterocycles. The zero-order valence-corrected chi connectivity index (χ0v) is 12.7. The van der Waals surface area contributed by atoms with Gasteiger partial charge in [-0.2, -0.15) is 0 Å². The number of rotatable bonds is 8. The molecule has 0 amide bonds. The fraction of sp³-hybridized carbons (Fsp3) is 1.00. The molecule has 1 fully saturated rings. The van der Waals surface area contributed by atoms with E-state index in [0.717, 1.165) is 38.1 Å². The molecule has 1 rings (SSSR count). The third-order valence-corrected chi connectivity index (χ3v) is 3.93. The van der Waals surface area contributed by atoms with Gasteiger partial charge in [0.1, 0.15) is 0 Å². The van der Waals surface area contributed by atoms with Gasteiger partial charge in [-0.05, 0) is 37.8 Å². The average molecular weight is 258 g/mol. The van der Waals surface area contributed by atoms with Gasteiger partial charge in [0.15, 0.2) is 0 Å². The maximum Gasteiger partial charge on any atom is 0.0594 e. The van der Waals surface area contributed by atoms with E-state index in [4.69, 9.17) is 4.74 Å². The van der Waals surface area contributed by atoms with Gasteiger partial charge in [-0.1, -0.05) is 27.7 Å². The van der Waals surface area contributed by atoms with E-state index in [1.54, 1.807) is 0 Å². The summed E-state index contributed by atoms with van der Waals surface area (Å²) in [7, 11) is 0. The van der Waals surface area contributed by atoms with Gasteiger partial charge in [-0.15, -0.1) is 0 Å². The quantitative estimate of drug-likeness (QED) is 0.677. The Bertz CT molecular complexity index is 204. The van der Waals surface area contributed by atoms with Gasteiger partial charge in [0.2, 0.25) is 0 Å². The van der Waals surface area contributed by atoms with Gasteiger partial charge in [0.05, 0.1) is 13.2 Å². The molecule has 1 N–H and O–H groups in total. The molecule has 0 aliphatic carbocycles. The van der Waals surface area contributed by atoms with Crippen LogP contribution in [-0.4, -0.2) is 50.3 Å². The minimum atomic E-state index is 0. The van der Waals surface area contributed by atoms with Crippen LogP contribution in [0.15, 0.2) is 0 Å². The van der Waals surface area contributed by atoms with Crippen LogP contribution in [0.2, 0.25) is 0 Å². The number of hydrogen-bond donors (Lipinski definition) is 1. The Morgan fingerprint density at radius 3 is 2.39 bits per heavy atom. The Morgan fingerprint density at radius 2 is 1.83 bits per heavy atom. The van der Waals surface area contributed by atoms with Crippen molar-refractivity contribution in [1.29, 1.82) is 0 Å². The van der Waals surface area contributed by atoms with Crippen LogP contribution in [0.1, 0.15) is 42.0 Å². The maximum absolute atomic E-state index is 5.66. The predicted octanol–water partition coefficient (Wildman–Crippen LogP) is 2.62. The fourth-order valence-corrected chi connectivity index (χ4v) is 2.56. The summed E-state index contributed by atoms with van der Waals surface area (Å²) < 4.78 is 5.66. The van der Waals surface area contributed by atoms with Crippen molar-refractivity contribution < 1.29 is 6.16 Å². The minimum absolute atomic E-state index is 0. The molecule has 1 aliphatic heterocycles. The number of piperidine rings is 1. The first kappa shape index (κ1) is 15.9. The number of nitrogens with one attached hydrogen (secondary N) is 1. The van der Waals surface area contributed by atoms with Crippen molar-refractivity contribution in [3.63, 3.8) is 0 Å².